The number of aryl methyl sites for hydroxylation is 1. The van der Waals surface area contributed by atoms with E-state index in [4.69, 9.17) is 0 Å². The molecule has 9 nitrogen and oxygen atoms in total. The van der Waals surface area contributed by atoms with Gasteiger partial charge in [-0.3, -0.25) is 18.7 Å². The zero-order valence-electron chi connectivity index (χ0n) is 17.6. The van der Waals surface area contributed by atoms with Crippen LogP contribution in [0.2, 0.25) is 0 Å². The molecule has 0 radical (unpaired) electrons. The van der Waals surface area contributed by atoms with Crippen molar-refractivity contribution in [2.24, 2.45) is 7.05 Å². The Morgan fingerprint density at radius 2 is 1.67 bits per heavy atom. The molecule has 2 N–H and O–H groups in total. The van der Waals surface area contributed by atoms with Crippen molar-refractivity contribution < 1.29 is 8.76 Å². The number of fused-ring (bicyclic) bond motifs is 1. The third-order valence-corrected chi connectivity index (χ3v) is 6.39. The zero-order chi connectivity index (χ0) is 23.3. The summed E-state index contributed by atoms with van der Waals surface area (Å²) in [5.74, 6) is 0. The Bertz CT molecular complexity index is 1580. The summed E-state index contributed by atoms with van der Waals surface area (Å²) in [6.45, 7) is 0. The summed E-state index contributed by atoms with van der Waals surface area (Å²) in [4.78, 5) is 40.1. The minimum Gasteiger partial charge on any atom is -0.355 e. The fourth-order valence-corrected chi connectivity index (χ4v) is 4.31. The molecule has 168 valence electrons. The Balaban J connectivity index is 1.83. The van der Waals surface area contributed by atoms with Gasteiger partial charge >= 0.3 is 5.69 Å². The van der Waals surface area contributed by atoms with Gasteiger partial charge in [0.1, 0.15) is 11.0 Å². The van der Waals surface area contributed by atoms with Gasteiger partial charge in [-0.1, -0.05) is 18.2 Å². The molecule has 4 aromatic rings. The van der Waals surface area contributed by atoms with Crippen LogP contribution in [0.15, 0.2) is 79.9 Å². The molecular formula is C23H20N4O5S. The normalized spacial score (nSPS) is 14.4. The molecule has 2 aromatic heterocycles. The summed E-state index contributed by atoms with van der Waals surface area (Å²) in [5.41, 5.74) is 0.174. The molecule has 2 heterocycles. The monoisotopic (exact) mass is 464 g/mol. The van der Waals surface area contributed by atoms with Crippen molar-refractivity contribution >= 4 is 33.5 Å². The summed E-state index contributed by atoms with van der Waals surface area (Å²) in [6.07, 6.45) is 1.48. The third-order valence-electron chi connectivity index (χ3n) is 5.71. The highest BCUT2D eigenvalue weighted by Gasteiger charge is 2.30. The summed E-state index contributed by atoms with van der Waals surface area (Å²) in [6, 6.07) is 16.2. The highest BCUT2D eigenvalue weighted by Crippen LogP contribution is 2.33. The molecule has 0 amide bonds. The van der Waals surface area contributed by atoms with E-state index in [1.165, 1.54) is 38.9 Å². The topological polar surface area (TPSA) is 115 Å². The summed E-state index contributed by atoms with van der Waals surface area (Å²) >= 11 is -2.12. The van der Waals surface area contributed by atoms with Gasteiger partial charge < -0.3 is 9.87 Å². The quantitative estimate of drug-likeness (QED) is 0.439. The van der Waals surface area contributed by atoms with Crippen LogP contribution in [-0.2, 0) is 18.1 Å². The number of anilines is 2. The van der Waals surface area contributed by atoms with Crippen LogP contribution in [0.25, 0.3) is 16.7 Å². The number of nitrogens with one attached hydrogen (secondary N) is 1. The Labute approximate surface area is 189 Å². The van der Waals surface area contributed by atoms with Crippen LogP contribution in [0.1, 0.15) is 18.9 Å². The lowest BCUT2D eigenvalue weighted by molar-refractivity contribution is 0.564. The van der Waals surface area contributed by atoms with E-state index in [1.54, 1.807) is 36.4 Å². The van der Waals surface area contributed by atoms with Crippen molar-refractivity contribution in [3.8, 4) is 5.69 Å². The van der Waals surface area contributed by atoms with E-state index >= 15 is 0 Å². The van der Waals surface area contributed by atoms with Gasteiger partial charge in [0, 0.05) is 24.8 Å². The van der Waals surface area contributed by atoms with Crippen molar-refractivity contribution in [2.75, 3.05) is 5.32 Å². The number of nitrogens with zero attached hydrogens (tertiary/aromatic N) is 3. The summed E-state index contributed by atoms with van der Waals surface area (Å²) < 4.78 is 24.5. The fraction of sp³-hybridized carbons (Fsp3) is 0.174. The Morgan fingerprint density at radius 3 is 2.27 bits per heavy atom. The third kappa shape index (κ3) is 3.62. The van der Waals surface area contributed by atoms with Gasteiger partial charge in [0.05, 0.1) is 16.3 Å². The number of aromatic nitrogens is 3. The Morgan fingerprint density at radius 1 is 1.00 bits per heavy atom. The molecule has 1 saturated carbocycles. The summed E-state index contributed by atoms with van der Waals surface area (Å²) in [7, 11) is 1.53. The van der Waals surface area contributed by atoms with Gasteiger partial charge in [0.15, 0.2) is 11.1 Å². The van der Waals surface area contributed by atoms with E-state index in [-0.39, 0.29) is 27.7 Å². The molecule has 2 aromatic carbocycles. The van der Waals surface area contributed by atoms with E-state index < -0.39 is 27.9 Å². The molecule has 0 spiro atoms. The van der Waals surface area contributed by atoms with Crippen molar-refractivity contribution in [3.05, 3.63) is 91.9 Å². The van der Waals surface area contributed by atoms with Crippen molar-refractivity contribution in [1.29, 1.82) is 0 Å². The molecule has 5 rings (SSSR count). The van der Waals surface area contributed by atoms with Crippen LogP contribution in [0, 0.1) is 0 Å². The first-order valence-corrected chi connectivity index (χ1v) is 11.4. The van der Waals surface area contributed by atoms with Gasteiger partial charge in [-0.15, -0.1) is 0 Å². The van der Waals surface area contributed by atoms with E-state index in [9.17, 15) is 23.1 Å². The molecule has 10 heteroatoms. The largest absolute Gasteiger partial charge is 0.355 e. The van der Waals surface area contributed by atoms with Gasteiger partial charge in [0.25, 0.3) is 11.1 Å². The average molecular weight is 465 g/mol. The fourth-order valence-electron chi connectivity index (χ4n) is 3.94. The zero-order valence-corrected chi connectivity index (χ0v) is 18.4. The molecule has 1 atom stereocenters. The molecule has 33 heavy (non-hydrogen) atoms. The van der Waals surface area contributed by atoms with Crippen LogP contribution >= 0.6 is 0 Å². The van der Waals surface area contributed by atoms with Gasteiger partial charge in [-0.25, -0.2) is 13.6 Å². The van der Waals surface area contributed by atoms with Crippen LogP contribution in [0.4, 0.5) is 11.4 Å². The minimum absolute atomic E-state index is 0.173. The molecule has 1 unspecified atom stereocenters. The standard InChI is InChI=1S/C23H20N4O5S/c1-25-19(28)13-18(24-14-7-11-17(12-8-14)33(31)32)20-21(25)26(15-5-3-2-4-6-15)23(30)27(22(20)29)16-9-10-16/h2-8,11-13,16,24H,9-10H2,1H3,(H,31,32). The van der Waals surface area contributed by atoms with Gasteiger partial charge in [-0.2, -0.15) is 0 Å². The van der Waals surface area contributed by atoms with Crippen LogP contribution in [0.3, 0.4) is 0 Å². The second-order valence-electron chi connectivity index (χ2n) is 7.91. The molecule has 0 saturated heterocycles. The maximum absolute atomic E-state index is 13.6. The van der Waals surface area contributed by atoms with Crippen LogP contribution < -0.4 is 22.1 Å². The molecular weight excluding hydrogens is 444 g/mol. The molecule has 1 aliphatic rings. The smallest absolute Gasteiger partial charge is 0.337 e. The Kier molecular flexibility index (Phi) is 5.10. The molecule has 0 aliphatic heterocycles. The van der Waals surface area contributed by atoms with E-state index in [0.29, 0.717) is 11.4 Å². The maximum atomic E-state index is 13.6. The number of rotatable bonds is 5. The van der Waals surface area contributed by atoms with Gasteiger partial charge in [0.2, 0.25) is 0 Å². The molecule has 0 bridgehead atoms. The van der Waals surface area contributed by atoms with Crippen molar-refractivity contribution in [3.63, 3.8) is 0 Å². The van der Waals surface area contributed by atoms with Crippen molar-refractivity contribution in [1.82, 2.24) is 13.7 Å². The van der Waals surface area contributed by atoms with E-state index in [2.05, 4.69) is 5.32 Å². The first-order chi connectivity index (χ1) is 15.9. The lowest BCUT2D eigenvalue weighted by Crippen LogP contribution is -2.41. The lowest BCUT2D eigenvalue weighted by atomic mass is 10.2. The summed E-state index contributed by atoms with van der Waals surface area (Å²) in [5, 5.41) is 3.29. The van der Waals surface area contributed by atoms with Gasteiger partial charge in [-0.05, 0) is 49.2 Å². The number of benzene rings is 2. The lowest BCUT2D eigenvalue weighted by Gasteiger charge is -2.18. The van der Waals surface area contributed by atoms with Crippen molar-refractivity contribution in [2.45, 2.75) is 23.8 Å². The average Bonchev–Trinajstić information content (AvgIpc) is 3.63. The maximum Gasteiger partial charge on any atom is 0.337 e. The first kappa shape index (κ1) is 21.1. The predicted molar refractivity (Wildman–Crippen MR) is 126 cm³/mol. The number of hydrogen-bond donors (Lipinski definition) is 2. The predicted octanol–water partition coefficient (Wildman–Crippen LogP) is 2.51. The highest BCUT2D eigenvalue weighted by molar-refractivity contribution is 7.79. The second kappa shape index (κ2) is 7.98. The highest BCUT2D eigenvalue weighted by atomic mass is 32.2. The van der Waals surface area contributed by atoms with Crippen LogP contribution in [-0.4, -0.2) is 22.5 Å². The van der Waals surface area contributed by atoms with E-state index in [0.717, 1.165) is 12.8 Å². The first-order valence-electron chi connectivity index (χ1n) is 10.3. The molecule has 1 aliphatic carbocycles. The second-order valence-corrected chi connectivity index (χ2v) is 8.88. The number of hydrogen-bond acceptors (Lipinski definition) is 5. The Hall–Kier alpha value is -3.76. The SMILES string of the molecule is Cn1c(=O)cc(Nc2ccc(S(=O)O)cc2)c2c(=O)n(C3CC3)c(=O)n(-c3ccccc3)c21. The van der Waals surface area contributed by atoms with E-state index in [1.807, 2.05) is 6.07 Å². The minimum atomic E-state index is -2.12. The number of pyridine rings is 1. The molecule has 1 fully saturated rings. The van der Waals surface area contributed by atoms with Crippen LogP contribution in [0.5, 0.6) is 0 Å². The number of para-hydroxylation sites is 1.